The number of carbonyl (C=O) groups excluding carboxylic acids is 1. The van der Waals surface area contributed by atoms with Gasteiger partial charge in [-0.2, -0.15) is 0 Å². The van der Waals surface area contributed by atoms with Crippen LogP contribution in [-0.4, -0.2) is 32.0 Å². The second-order valence-electron chi connectivity index (χ2n) is 4.23. The average molecular weight is 357 g/mol. The number of aryl methyl sites for hydroxylation is 1. The van der Waals surface area contributed by atoms with E-state index in [1.807, 2.05) is 0 Å². The summed E-state index contributed by atoms with van der Waals surface area (Å²) in [6.07, 6.45) is 1.22. The van der Waals surface area contributed by atoms with Gasteiger partial charge < -0.3 is 10.4 Å². The van der Waals surface area contributed by atoms with Crippen molar-refractivity contribution in [3.63, 3.8) is 0 Å². The highest BCUT2D eigenvalue weighted by atomic mass is 79.9. The molecule has 0 unspecified atom stereocenters. The Hall–Kier alpha value is -2.29. The van der Waals surface area contributed by atoms with Crippen molar-refractivity contribution in [3.05, 3.63) is 39.9 Å². The zero-order valence-corrected chi connectivity index (χ0v) is 12.4. The molecule has 9 heteroatoms. The first-order valence-electron chi connectivity index (χ1n) is 5.75. The Labute approximate surface area is 126 Å². The molecule has 2 rings (SSSR count). The van der Waals surface area contributed by atoms with Gasteiger partial charge in [-0.25, -0.2) is 9.07 Å². The molecule has 0 saturated heterocycles. The quantitative estimate of drug-likeness (QED) is 0.870. The summed E-state index contributed by atoms with van der Waals surface area (Å²) in [6, 6.07) is 2.71. The second kappa shape index (κ2) is 6.00. The molecule has 1 aromatic heterocycles. The van der Waals surface area contributed by atoms with Crippen LogP contribution in [0.15, 0.2) is 22.8 Å². The smallest absolute Gasteiger partial charge is 0.325 e. The van der Waals surface area contributed by atoms with Crippen molar-refractivity contribution in [2.45, 2.75) is 13.5 Å². The average Bonchev–Trinajstić information content (AvgIpc) is 2.83. The van der Waals surface area contributed by atoms with Crippen molar-refractivity contribution in [2.75, 3.05) is 5.32 Å². The van der Waals surface area contributed by atoms with Gasteiger partial charge in [0.15, 0.2) is 5.69 Å². The highest BCUT2D eigenvalue weighted by Crippen LogP contribution is 2.24. The van der Waals surface area contributed by atoms with E-state index >= 15 is 0 Å². The van der Waals surface area contributed by atoms with Crippen LogP contribution in [0.2, 0.25) is 0 Å². The van der Waals surface area contributed by atoms with Gasteiger partial charge in [-0.15, -0.1) is 5.10 Å². The number of benzene rings is 1. The van der Waals surface area contributed by atoms with E-state index in [2.05, 4.69) is 31.6 Å². The predicted molar refractivity (Wildman–Crippen MR) is 74.4 cm³/mol. The third kappa shape index (κ3) is 3.63. The molecule has 0 aliphatic heterocycles. The molecule has 0 aliphatic rings. The number of carboxylic acid groups (broad SMARTS) is 1. The first-order valence-corrected chi connectivity index (χ1v) is 6.55. The summed E-state index contributed by atoms with van der Waals surface area (Å²) < 4.78 is 14.6. The number of aromatic nitrogens is 3. The van der Waals surface area contributed by atoms with Crippen LogP contribution in [0.25, 0.3) is 0 Å². The molecule has 0 bridgehead atoms. The number of anilines is 1. The van der Waals surface area contributed by atoms with Gasteiger partial charge in [-0.3, -0.25) is 9.59 Å². The van der Waals surface area contributed by atoms with Gasteiger partial charge in [0, 0.05) is 5.69 Å². The summed E-state index contributed by atoms with van der Waals surface area (Å²) in [5.41, 5.74) is 0.930. The van der Waals surface area contributed by atoms with Gasteiger partial charge in [0.25, 0.3) is 5.91 Å². The highest BCUT2D eigenvalue weighted by Gasteiger charge is 2.14. The van der Waals surface area contributed by atoms with Gasteiger partial charge in [-0.05, 0) is 40.5 Å². The van der Waals surface area contributed by atoms with Gasteiger partial charge in [-0.1, -0.05) is 5.21 Å². The monoisotopic (exact) mass is 356 g/mol. The van der Waals surface area contributed by atoms with Crippen molar-refractivity contribution in [3.8, 4) is 0 Å². The molecule has 1 amide bonds. The molecule has 0 aliphatic carbocycles. The molecule has 1 aromatic carbocycles. The number of hydrogen-bond donors (Lipinski definition) is 2. The maximum absolute atomic E-state index is 13.3. The molecule has 21 heavy (non-hydrogen) atoms. The van der Waals surface area contributed by atoms with Crippen LogP contribution in [0.3, 0.4) is 0 Å². The summed E-state index contributed by atoms with van der Waals surface area (Å²) in [6.45, 7) is 1.26. The number of nitrogens with one attached hydrogen (secondary N) is 1. The minimum absolute atomic E-state index is 0.0314. The molecular formula is C12H10BrFN4O3. The van der Waals surface area contributed by atoms with Crippen molar-refractivity contribution < 1.29 is 19.1 Å². The van der Waals surface area contributed by atoms with Crippen LogP contribution >= 0.6 is 15.9 Å². The van der Waals surface area contributed by atoms with Gasteiger partial charge in [0.1, 0.15) is 12.4 Å². The van der Waals surface area contributed by atoms with Crippen molar-refractivity contribution in [1.82, 2.24) is 15.0 Å². The molecule has 110 valence electrons. The standard InChI is InChI=1S/C12H10BrFN4O3/c1-6-2-8(14)7(13)3-9(6)15-12(21)10-4-18(17-16-10)5-11(19)20/h2-4H,5H2,1H3,(H,15,21)(H,19,20). The van der Waals surface area contributed by atoms with E-state index in [1.165, 1.54) is 18.3 Å². The Morgan fingerprint density at radius 1 is 1.48 bits per heavy atom. The Bertz CT molecular complexity index is 717. The lowest BCUT2D eigenvalue weighted by Gasteiger charge is -2.08. The van der Waals surface area contributed by atoms with Gasteiger partial charge in [0.05, 0.1) is 10.7 Å². The van der Waals surface area contributed by atoms with Crippen LogP contribution in [0.4, 0.5) is 10.1 Å². The number of amides is 1. The fourth-order valence-electron chi connectivity index (χ4n) is 1.59. The Balaban J connectivity index is 2.16. The third-order valence-electron chi connectivity index (χ3n) is 2.58. The van der Waals surface area contributed by atoms with E-state index in [4.69, 9.17) is 5.11 Å². The first kappa shape index (κ1) is 15.1. The fourth-order valence-corrected chi connectivity index (χ4v) is 1.93. The number of hydrogen-bond acceptors (Lipinski definition) is 4. The number of rotatable bonds is 4. The summed E-state index contributed by atoms with van der Waals surface area (Å²) in [5.74, 6) is -2.09. The van der Waals surface area contributed by atoms with Crippen molar-refractivity contribution in [1.29, 1.82) is 0 Å². The van der Waals surface area contributed by atoms with Crippen LogP contribution in [0.5, 0.6) is 0 Å². The van der Waals surface area contributed by atoms with E-state index in [1.54, 1.807) is 6.92 Å². The number of halogens is 2. The molecule has 0 atom stereocenters. The zero-order valence-electron chi connectivity index (χ0n) is 10.8. The Kier molecular flexibility index (Phi) is 4.32. The first-order chi connectivity index (χ1) is 9.86. The topological polar surface area (TPSA) is 97.1 Å². The number of carboxylic acids is 1. The fraction of sp³-hybridized carbons (Fsp3) is 0.167. The van der Waals surface area contributed by atoms with E-state index in [0.717, 1.165) is 4.68 Å². The Morgan fingerprint density at radius 2 is 2.19 bits per heavy atom. The van der Waals surface area contributed by atoms with Crippen LogP contribution < -0.4 is 5.32 Å². The molecule has 7 nitrogen and oxygen atoms in total. The highest BCUT2D eigenvalue weighted by molar-refractivity contribution is 9.10. The van der Waals surface area contributed by atoms with E-state index in [9.17, 15) is 14.0 Å². The lowest BCUT2D eigenvalue weighted by Crippen LogP contribution is -2.13. The molecule has 1 heterocycles. The van der Waals surface area contributed by atoms with Crippen molar-refractivity contribution >= 4 is 33.5 Å². The number of aliphatic carboxylic acids is 1. The molecule has 0 fully saturated rings. The molecular weight excluding hydrogens is 347 g/mol. The van der Waals surface area contributed by atoms with Crippen LogP contribution in [0, 0.1) is 12.7 Å². The number of nitrogens with zero attached hydrogens (tertiary/aromatic N) is 3. The normalized spacial score (nSPS) is 10.4. The van der Waals surface area contributed by atoms with E-state index < -0.39 is 17.7 Å². The van der Waals surface area contributed by atoms with Gasteiger partial charge in [0.2, 0.25) is 0 Å². The predicted octanol–water partition coefficient (Wildman–Crippen LogP) is 1.83. The maximum Gasteiger partial charge on any atom is 0.325 e. The Morgan fingerprint density at radius 3 is 2.86 bits per heavy atom. The summed E-state index contributed by atoms with van der Waals surface area (Å²) >= 11 is 3.03. The minimum atomic E-state index is -1.09. The van der Waals surface area contributed by atoms with E-state index in [0.29, 0.717) is 11.3 Å². The third-order valence-corrected chi connectivity index (χ3v) is 3.19. The lowest BCUT2D eigenvalue weighted by atomic mass is 10.2. The maximum atomic E-state index is 13.3. The van der Waals surface area contributed by atoms with Crippen molar-refractivity contribution in [2.24, 2.45) is 0 Å². The van der Waals surface area contributed by atoms with E-state index in [-0.39, 0.29) is 16.7 Å². The summed E-state index contributed by atoms with van der Waals surface area (Å²) in [5, 5.41) is 18.3. The molecule has 0 spiro atoms. The molecule has 2 aromatic rings. The van der Waals surface area contributed by atoms with Crippen LogP contribution in [-0.2, 0) is 11.3 Å². The largest absolute Gasteiger partial charge is 0.480 e. The summed E-state index contributed by atoms with van der Waals surface area (Å²) in [4.78, 5) is 22.5. The lowest BCUT2D eigenvalue weighted by molar-refractivity contribution is -0.137. The molecule has 0 radical (unpaired) electrons. The van der Waals surface area contributed by atoms with Gasteiger partial charge >= 0.3 is 5.97 Å². The SMILES string of the molecule is Cc1cc(F)c(Br)cc1NC(=O)c1cn(CC(=O)O)nn1. The zero-order chi connectivity index (χ0) is 15.6. The number of carbonyl (C=O) groups is 2. The minimum Gasteiger partial charge on any atom is -0.480 e. The van der Waals surface area contributed by atoms with Crippen LogP contribution in [0.1, 0.15) is 16.1 Å². The molecule has 2 N–H and O–H groups in total. The second-order valence-corrected chi connectivity index (χ2v) is 5.08. The molecule has 0 saturated carbocycles. The summed E-state index contributed by atoms with van der Waals surface area (Å²) in [7, 11) is 0.